The lowest BCUT2D eigenvalue weighted by atomic mass is 10.6. The minimum Gasteiger partial charge on any atom is -0.347 e. The zero-order valence-electron chi connectivity index (χ0n) is 13.1. The Labute approximate surface area is 140 Å². The van der Waals surface area contributed by atoms with E-state index in [1.807, 2.05) is 0 Å². The first kappa shape index (κ1) is 23.7. The van der Waals surface area contributed by atoms with Crippen molar-refractivity contribution < 1.29 is 43.2 Å². The van der Waals surface area contributed by atoms with E-state index in [-0.39, 0.29) is 0 Å². The van der Waals surface area contributed by atoms with Crippen LogP contribution in [0, 0.1) is 0 Å². The quantitative estimate of drug-likeness (QED) is 0.637. The number of alkyl halides is 6. The third-order valence-electron chi connectivity index (χ3n) is 2.52. The first-order chi connectivity index (χ1) is 11.0. The average Bonchev–Trinajstić information content (AvgIpc) is 2.68. The molecule has 0 aromatic heterocycles. The lowest BCUT2D eigenvalue weighted by Gasteiger charge is -2.27. The molecule has 0 amide bonds. The molecule has 1 heterocycles. The highest BCUT2D eigenvalue weighted by atomic mass is 32.3. The molecule has 8 nitrogen and oxygen atoms in total. The molecule has 1 rings (SSSR count). The number of nitrogens with zero attached hydrogens (tertiary/aromatic N) is 2. The second-order valence-electron chi connectivity index (χ2n) is 4.54. The normalized spacial score (nSPS) is 16.8. The van der Waals surface area contributed by atoms with Crippen molar-refractivity contribution in [3.63, 3.8) is 0 Å². The topological polar surface area (TPSA) is 98.8 Å². The molecule has 0 aromatic carbocycles. The summed E-state index contributed by atoms with van der Waals surface area (Å²) in [6, 6.07) is 0. The second kappa shape index (κ2) is 7.96. The molecule has 0 spiro atoms. The van der Waals surface area contributed by atoms with Gasteiger partial charge in [-0.3, -0.25) is 5.32 Å². The van der Waals surface area contributed by atoms with Gasteiger partial charge in [0.2, 0.25) is 0 Å². The van der Waals surface area contributed by atoms with Gasteiger partial charge in [-0.2, -0.15) is 26.3 Å². The Morgan fingerprint density at radius 1 is 0.880 bits per heavy atom. The number of rotatable bonds is 4. The summed E-state index contributed by atoms with van der Waals surface area (Å²) >= 11 is 0. The summed E-state index contributed by atoms with van der Waals surface area (Å²) in [5, 5.41) is 3.33. The highest BCUT2D eigenvalue weighted by molar-refractivity contribution is 8.05. The van der Waals surface area contributed by atoms with Crippen molar-refractivity contribution in [1.82, 2.24) is 19.2 Å². The maximum Gasteiger partial charge on any atom is 0.512 e. The van der Waals surface area contributed by atoms with E-state index in [1.165, 1.54) is 0 Å². The molecule has 2 N–H and O–H groups in total. The Morgan fingerprint density at radius 2 is 1.20 bits per heavy atom. The number of nitrogens with one attached hydrogen (secondary N) is 2. The molecular weight excluding hydrogens is 406 g/mol. The minimum atomic E-state index is -6.60. The van der Waals surface area contributed by atoms with Gasteiger partial charge in [-0.1, -0.05) is 11.1 Å². The van der Waals surface area contributed by atoms with Gasteiger partial charge in [-0.25, -0.2) is 16.8 Å². The van der Waals surface area contributed by atoms with E-state index < -0.39 is 35.2 Å². The summed E-state index contributed by atoms with van der Waals surface area (Å²) in [6.45, 7) is 3.11. The maximum atomic E-state index is 11.5. The summed E-state index contributed by atoms with van der Waals surface area (Å²) in [5.74, 6) is 0. The maximum absolute atomic E-state index is 11.5. The predicted octanol–water partition coefficient (Wildman–Crippen LogP) is 0.503. The highest BCUT2D eigenvalue weighted by Crippen LogP contribution is 2.27. The molecule has 0 atom stereocenters. The molecule has 0 saturated carbocycles. The van der Waals surface area contributed by atoms with Crippen molar-refractivity contribution in [3.8, 4) is 0 Å². The average molecular weight is 422 g/mol. The van der Waals surface area contributed by atoms with Crippen molar-refractivity contribution in [3.05, 3.63) is 12.4 Å². The second-order valence-corrected chi connectivity index (χ2v) is 8.15. The largest absolute Gasteiger partial charge is 0.512 e. The molecule has 0 radical (unpaired) electrons. The number of hydrogen-bond acceptors (Lipinski definition) is 7. The highest BCUT2D eigenvalue weighted by Gasteiger charge is 2.55. The fourth-order valence-corrected chi connectivity index (χ4v) is 3.28. The number of halogens is 6. The molecule has 1 aliphatic heterocycles. The zero-order valence-corrected chi connectivity index (χ0v) is 14.7. The van der Waals surface area contributed by atoms with Crippen molar-refractivity contribution in [1.29, 1.82) is 0 Å². The van der Waals surface area contributed by atoms with Crippen LogP contribution in [0.3, 0.4) is 0 Å². The number of sulfonamides is 2. The Kier molecular flexibility index (Phi) is 7.56. The summed E-state index contributed by atoms with van der Waals surface area (Å²) in [6.07, 6.45) is 4.48. The van der Waals surface area contributed by atoms with E-state index in [9.17, 15) is 43.2 Å². The van der Waals surface area contributed by atoms with E-state index in [0.717, 1.165) is 6.54 Å². The molecule has 0 aliphatic carbocycles. The van der Waals surface area contributed by atoms with E-state index in [1.54, 1.807) is 0 Å². The van der Waals surface area contributed by atoms with Gasteiger partial charge in [-0.05, 0) is 6.54 Å². The fourth-order valence-electron chi connectivity index (χ4n) is 1.37. The smallest absolute Gasteiger partial charge is 0.347 e. The Balaban J connectivity index is 0.000000496. The van der Waals surface area contributed by atoms with E-state index in [0.29, 0.717) is 6.29 Å². The molecule has 1 aliphatic rings. The van der Waals surface area contributed by atoms with Crippen molar-refractivity contribution in [2.75, 3.05) is 20.6 Å². The van der Waals surface area contributed by atoms with Gasteiger partial charge in [-0.15, -0.1) is 0 Å². The van der Waals surface area contributed by atoms with Gasteiger partial charge in [0.25, 0.3) is 0 Å². The summed E-state index contributed by atoms with van der Waals surface area (Å²) in [4.78, 5) is 4.28. The molecule has 25 heavy (non-hydrogen) atoms. The van der Waals surface area contributed by atoms with Crippen LogP contribution in [0.25, 0.3) is 0 Å². The Hall–Kier alpha value is -1.26. The molecule has 0 aromatic rings. The summed E-state index contributed by atoms with van der Waals surface area (Å²) < 4.78 is 108. The van der Waals surface area contributed by atoms with Crippen LogP contribution < -0.4 is 9.44 Å². The Morgan fingerprint density at radius 3 is 1.44 bits per heavy atom. The Bertz CT molecular complexity index is 619. The summed E-state index contributed by atoms with van der Waals surface area (Å²) in [5.41, 5.74) is -12.3. The van der Waals surface area contributed by atoms with E-state index in [4.69, 9.17) is 0 Å². The molecule has 16 heteroatoms. The van der Waals surface area contributed by atoms with Crippen LogP contribution in [0.15, 0.2) is 12.4 Å². The molecular formula is C9H16F6N4O4S2. The van der Waals surface area contributed by atoms with Gasteiger partial charge in [0, 0.05) is 26.5 Å². The zero-order chi connectivity index (χ0) is 20.3. The monoisotopic (exact) mass is 422 g/mol. The van der Waals surface area contributed by atoms with Crippen molar-refractivity contribution in [2.24, 2.45) is 0 Å². The van der Waals surface area contributed by atoms with Crippen molar-refractivity contribution in [2.45, 2.75) is 24.2 Å². The van der Waals surface area contributed by atoms with Crippen LogP contribution >= 0.6 is 0 Å². The SMILES string of the molecule is CCNC1N(C)C=CN1C.O=S(=O)(NS(=O)(=O)C(F)(F)F)C(F)(F)F. The first-order valence-corrected chi connectivity index (χ1v) is 9.19. The van der Waals surface area contributed by atoms with Crippen molar-refractivity contribution >= 4 is 20.0 Å². The standard InChI is InChI=1S/C7H15N3.C2HF6NO4S2/c1-4-8-7-9(2)5-6-10(7)3;3-1(4,5)14(10,11)9-15(12,13)2(6,7)8/h5-8H,4H2,1-3H3;9H. The first-order valence-electron chi connectivity index (χ1n) is 6.23. The molecule has 0 bridgehead atoms. The van der Waals surface area contributed by atoms with Crippen LogP contribution in [0.1, 0.15) is 6.92 Å². The van der Waals surface area contributed by atoms with E-state index >= 15 is 0 Å². The lowest BCUT2D eigenvalue weighted by Crippen LogP contribution is -2.46. The van der Waals surface area contributed by atoms with Crippen LogP contribution in [0.4, 0.5) is 26.3 Å². The fraction of sp³-hybridized carbons (Fsp3) is 0.778. The lowest BCUT2D eigenvalue weighted by molar-refractivity contribution is -0.0476. The van der Waals surface area contributed by atoms with Gasteiger partial charge in [0.15, 0.2) is 6.29 Å². The van der Waals surface area contributed by atoms with Gasteiger partial charge in [0.1, 0.15) is 0 Å². The van der Waals surface area contributed by atoms with Crippen LogP contribution in [0.5, 0.6) is 0 Å². The minimum absolute atomic E-state index is 0.352. The molecule has 150 valence electrons. The molecule has 0 unspecified atom stereocenters. The van der Waals surface area contributed by atoms with Gasteiger partial charge >= 0.3 is 31.1 Å². The summed E-state index contributed by atoms with van der Waals surface area (Å²) in [7, 11) is -9.07. The predicted molar refractivity (Wildman–Crippen MR) is 75.2 cm³/mol. The van der Waals surface area contributed by atoms with Gasteiger partial charge in [0.05, 0.1) is 0 Å². The third-order valence-corrected chi connectivity index (χ3v) is 5.50. The third kappa shape index (κ3) is 6.52. The molecule has 0 saturated heterocycles. The van der Waals surface area contributed by atoms with Gasteiger partial charge < -0.3 is 9.80 Å². The molecule has 0 fully saturated rings. The van der Waals surface area contributed by atoms with E-state index in [2.05, 4.69) is 48.5 Å². The van der Waals surface area contributed by atoms with Crippen LogP contribution in [-0.4, -0.2) is 64.6 Å². The van der Waals surface area contributed by atoms with Crippen LogP contribution in [0.2, 0.25) is 0 Å². The number of hydrogen-bond donors (Lipinski definition) is 2. The van der Waals surface area contributed by atoms with Crippen LogP contribution in [-0.2, 0) is 20.0 Å².